The van der Waals surface area contributed by atoms with Crippen molar-refractivity contribution in [3.8, 4) is 0 Å². The molecule has 0 atom stereocenters. The highest BCUT2D eigenvalue weighted by atomic mass is 79.9. The van der Waals surface area contributed by atoms with E-state index < -0.39 is 0 Å². The third kappa shape index (κ3) is 1.81. The van der Waals surface area contributed by atoms with Gasteiger partial charge in [-0.05, 0) is 34.6 Å². The van der Waals surface area contributed by atoms with Crippen molar-refractivity contribution in [3.63, 3.8) is 0 Å². The topological polar surface area (TPSA) is 29.3 Å². The summed E-state index contributed by atoms with van der Waals surface area (Å²) >= 11 is 3.45. The predicted molar refractivity (Wildman–Crippen MR) is 60.3 cm³/mol. The van der Waals surface area contributed by atoms with Crippen LogP contribution < -0.4 is 5.32 Å². The van der Waals surface area contributed by atoms with Gasteiger partial charge in [-0.1, -0.05) is 6.92 Å². The van der Waals surface area contributed by atoms with Crippen molar-refractivity contribution in [3.05, 3.63) is 34.7 Å². The molecule has 0 saturated heterocycles. The molecule has 4 heteroatoms. The van der Waals surface area contributed by atoms with Gasteiger partial charge in [-0.2, -0.15) is 0 Å². The lowest BCUT2D eigenvalue weighted by molar-refractivity contribution is 0.705. The Kier molecular flexibility index (Phi) is 2.84. The van der Waals surface area contributed by atoms with Crippen molar-refractivity contribution in [2.75, 3.05) is 6.54 Å². The third-order valence-electron chi connectivity index (χ3n) is 2.10. The van der Waals surface area contributed by atoms with E-state index in [-0.39, 0.29) is 0 Å². The number of nitrogens with one attached hydrogen (secondary N) is 1. The van der Waals surface area contributed by atoms with Crippen LogP contribution >= 0.6 is 15.9 Å². The first-order valence-electron chi connectivity index (χ1n) is 4.63. The maximum atomic E-state index is 4.31. The van der Waals surface area contributed by atoms with Crippen molar-refractivity contribution in [2.45, 2.75) is 13.5 Å². The van der Waals surface area contributed by atoms with E-state index in [1.807, 2.05) is 24.5 Å². The molecule has 0 aliphatic carbocycles. The maximum absolute atomic E-state index is 4.31. The molecule has 0 bridgehead atoms. The fourth-order valence-corrected chi connectivity index (χ4v) is 1.73. The van der Waals surface area contributed by atoms with Crippen molar-refractivity contribution < 1.29 is 0 Å². The minimum atomic E-state index is 0.855. The molecule has 14 heavy (non-hydrogen) atoms. The number of pyridine rings is 1. The van der Waals surface area contributed by atoms with Gasteiger partial charge in [-0.15, -0.1) is 0 Å². The third-order valence-corrected chi connectivity index (χ3v) is 2.57. The Morgan fingerprint density at radius 3 is 3.14 bits per heavy atom. The van der Waals surface area contributed by atoms with Gasteiger partial charge in [0.15, 0.2) is 0 Å². The van der Waals surface area contributed by atoms with Gasteiger partial charge in [0.1, 0.15) is 5.65 Å². The molecule has 0 spiro atoms. The number of imidazole rings is 1. The zero-order valence-corrected chi connectivity index (χ0v) is 9.58. The van der Waals surface area contributed by atoms with Crippen LogP contribution in [-0.2, 0) is 6.54 Å². The molecule has 0 aliphatic heterocycles. The summed E-state index contributed by atoms with van der Waals surface area (Å²) in [6.07, 6.45) is 3.94. The largest absolute Gasteiger partial charge is 0.311 e. The van der Waals surface area contributed by atoms with Crippen molar-refractivity contribution in [2.24, 2.45) is 0 Å². The Bertz CT molecular complexity index is 436. The van der Waals surface area contributed by atoms with E-state index in [9.17, 15) is 0 Å². The molecular weight excluding hydrogens is 242 g/mol. The summed E-state index contributed by atoms with van der Waals surface area (Å²) in [7, 11) is 0. The van der Waals surface area contributed by atoms with Gasteiger partial charge in [-0.3, -0.25) is 0 Å². The number of fused-ring (bicyclic) bond motifs is 1. The molecular formula is C10H12BrN3. The van der Waals surface area contributed by atoms with Gasteiger partial charge in [0, 0.05) is 17.2 Å². The van der Waals surface area contributed by atoms with Crippen LogP contribution in [0, 0.1) is 0 Å². The zero-order valence-electron chi connectivity index (χ0n) is 8.00. The van der Waals surface area contributed by atoms with Crippen LogP contribution in [0.1, 0.15) is 12.6 Å². The van der Waals surface area contributed by atoms with Crippen molar-refractivity contribution in [1.82, 2.24) is 14.7 Å². The van der Waals surface area contributed by atoms with Crippen LogP contribution in [0.25, 0.3) is 5.65 Å². The van der Waals surface area contributed by atoms with Crippen LogP contribution in [0.4, 0.5) is 0 Å². The molecule has 1 N–H and O–H groups in total. The van der Waals surface area contributed by atoms with Crippen molar-refractivity contribution in [1.29, 1.82) is 0 Å². The lowest BCUT2D eigenvalue weighted by atomic mass is 10.4. The van der Waals surface area contributed by atoms with E-state index in [1.165, 1.54) is 5.69 Å². The highest BCUT2D eigenvalue weighted by Crippen LogP contribution is 2.13. The Morgan fingerprint density at radius 1 is 1.50 bits per heavy atom. The number of aromatic nitrogens is 2. The van der Waals surface area contributed by atoms with Crippen LogP contribution in [0.2, 0.25) is 0 Å². The molecule has 2 rings (SSSR count). The van der Waals surface area contributed by atoms with Gasteiger partial charge in [0.2, 0.25) is 0 Å². The maximum Gasteiger partial charge on any atom is 0.136 e. The predicted octanol–water partition coefficient (Wildman–Crippen LogP) is 2.21. The number of rotatable bonds is 3. The van der Waals surface area contributed by atoms with E-state index in [2.05, 4.69) is 37.6 Å². The fraction of sp³-hybridized carbons (Fsp3) is 0.300. The highest BCUT2D eigenvalue weighted by Gasteiger charge is 2.01. The monoisotopic (exact) mass is 253 g/mol. The molecule has 0 unspecified atom stereocenters. The minimum absolute atomic E-state index is 0.855. The van der Waals surface area contributed by atoms with E-state index >= 15 is 0 Å². The molecule has 2 aromatic rings. The summed E-state index contributed by atoms with van der Waals surface area (Å²) in [4.78, 5) is 4.31. The molecule has 0 aromatic carbocycles. The Labute approximate surface area is 91.3 Å². The molecule has 2 aromatic heterocycles. The Hall–Kier alpha value is -0.870. The number of hydrogen-bond acceptors (Lipinski definition) is 2. The second-order valence-electron chi connectivity index (χ2n) is 3.11. The summed E-state index contributed by atoms with van der Waals surface area (Å²) in [6, 6.07) is 4.00. The van der Waals surface area contributed by atoms with Gasteiger partial charge in [0.05, 0.1) is 11.9 Å². The molecule has 2 heterocycles. The normalized spacial score (nSPS) is 11.0. The van der Waals surface area contributed by atoms with Crippen LogP contribution in [0.15, 0.2) is 29.0 Å². The molecule has 0 amide bonds. The van der Waals surface area contributed by atoms with Crippen molar-refractivity contribution >= 4 is 21.6 Å². The average Bonchev–Trinajstić information content (AvgIpc) is 2.57. The molecule has 0 saturated carbocycles. The minimum Gasteiger partial charge on any atom is -0.311 e. The Morgan fingerprint density at radius 2 is 2.36 bits per heavy atom. The standard InChI is InChI=1S/C10H12BrN3/c1-2-12-5-9-6-13-10-4-3-8(11)7-14(9)10/h3-4,6-7,12H,2,5H2,1H3. The SMILES string of the molecule is CCNCc1cnc2ccc(Br)cn12. The van der Waals surface area contributed by atoms with Crippen LogP contribution in [0.3, 0.4) is 0 Å². The second-order valence-corrected chi connectivity index (χ2v) is 4.02. The van der Waals surface area contributed by atoms with Crippen LogP contribution in [-0.4, -0.2) is 15.9 Å². The quantitative estimate of drug-likeness (QED) is 0.909. The molecule has 0 aliphatic rings. The summed E-state index contributed by atoms with van der Waals surface area (Å²) in [6.45, 7) is 3.93. The number of hydrogen-bond donors (Lipinski definition) is 1. The smallest absolute Gasteiger partial charge is 0.136 e. The first-order chi connectivity index (χ1) is 6.81. The van der Waals surface area contributed by atoms with E-state index in [4.69, 9.17) is 0 Å². The molecule has 74 valence electrons. The van der Waals surface area contributed by atoms with Gasteiger partial charge < -0.3 is 9.72 Å². The van der Waals surface area contributed by atoms with E-state index in [1.54, 1.807) is 0 Å². The first-order valence-corrected chi connectivity index (χ1v) is 5.42. The zero-order chi connectivity index (χ0) is 9.97. The molecule has 0 radical (unpaired) electrons. The number of halogens is 1. The summed E-state index contributed by atoms with van der Waals surface area (Å²) in [5.41, 5.74) is 2.17. The summed E-state index contributed by atoms with van der Waals surface area (Å²) in [5.74, 6) is 0. The van der Waals surface area contributed by atoms with E-state index in [0.29, 0.717) is 0 Å². The van der Waals surface area contributed by atoms with Gasteiger partial charge >= 0.3 is 0 Å². The van der Waals surface area contributed by atoms with E-state index in [0.717, 1.165) is 23.2 Å². The lowest BCUT2D eigenvalue weighted by Gasteiger charge is -2.02. The van der Waals surface area contributed by atoms with Gasteiger partial charge in [0.25, 0.3) is 0 Å². The molecule has 0 fully saturated rings. The second kappa shape index (κ2) is 4.11. The highest BCUT2D eigenvalue weighted by molar-refractivity contribution is 9.10. The Balaban J connectivity index is 2.40. The number of nitrogens with zero attached hydrogens (tertiary/aromatic N) is 2. The first kappa shape index (κ1) is 9.68. The molecule has 3 nitrogen and oxygen atoms in total. The summed E-state index contributed by atoms with van der Waals surface area (Å²) < 4.78 is 3.16. The fourth-order valence-electron chi connectivity index (χ4n) is 1.39. The van der Waals surface area contributed by atoms with Crippen LogP contribution in [0.5, 0.6) is 0 Å². The van der Waals surface area contributed by atoms with Gasteiger partial charge in [-0.25, -0.2) is 4.98 Å². The summed E-state index contributed by atoms with van der Waals surface area (Å²) in [5, 5.41) is 3.29. The average molecular weight is 254 g/mol. The lowest BCUT2D eigenvalue weighted by Crippen LogP contribution is -2.13.